The molecule has 1 rings (SSSR count). The van der Waals surface area contributed by atoms with Crippen molar-refractivity contribution in [3.63, 3.8) is 0 Å². The summed E-state index contributed by atoms with van der Waals surface area (Å²) in [6.45, 7) is 16.7. The van der Waals surface area contributed by atoms with Crippen LogP contribution in [-0.2, 0) is 17.1 Å². The van der Waals surface area contributed by atoms with Gasteiger partial charge in [-0.3, -0.25) is 0 Å². The predicted molar refractivity (Wildman–Crippen MR) is 92.9 cm³/mol. The van der Waals surface area contributed by atoms with E-state index in [1.807, 2.05) is 0 Å². The molecule has 1 aliphatic heterocycles. The third-order valence-corrected chi connectivity index (χ3v) is 4.52. The molecular formula is C16H38Cl2CuN4O8. The van der Waals surface area contributed by atoms with Crippen LogP contribution in [0.25, 0.3) is 0 Å². The van der Waals surface area contributed by atoms with E-state index in [-0.39, 0.29) is 17.1 Å². The molecule has 0 aromatic rings. The molecule has 0 aliphatic carbocycles. The summed E-state index contributed by atoms with van der Waals surface area (Å²) in [6.07, 6.45) is 2.58. The molecule has 1 fully saturated rings. The second-order valence-corrected chi connectivity index (χ2v) is 8.56. The van der Waals surface area contributed by atoms with Crippen LogP contribution < -0.4 is 28.0 Å². The molecule has 0 bridgehead atoms. The zero-order valence-corrected chi connectivity index (χ0v) is 21.1. The Kier molecular flexibility index (Phi) is 23.4. The van der Waals surface area contributed by atoms with Crippen LogP contribution in [-0.4, -0.2) is 108 Å². The molecule has 0 atom stereocenters. The van der Waals surface area contributed by atoms with Gasteiger partial charge in [0.25, 0.3) is 0 Å². The Bertz CT molecular complexity index is 361. The zero-order chi connectivity index (χ0) is 23.8. The van der Waals surface area contributed by atoms with Crippen molar-refractivity contribution in [3.8, 4) is 0 Å². The van der Waals surface area contributed by atoms with Gasteiger partial charge in [-0.1, -0.05) is 13.8 Å². The largest absolute Gasteiger partial charge is 0.305 e. The second-order valence-electron chi connectivity index (χ2n) is 6.97. The molecular weight excluding hydrogens is 511 g/mol. The van der Waals surface area contributed by atoms with E-state index in [1.54, 1.807) is 0 Å². The Morgan fingerprint density at radius 2 is 0.839 bits per heavy atom. The Morgan fingerprint density at radius 1 is 0.581 bits per heavy atom. The summed E-state index contributed by atoms with van der Waals surface area (Å²) in [5.41, 5.74) is 0. The van der Waals surface area contributed by atoms with Crippen molar-refractivity contribution in [1.29, 1.82) is 0 Å². The van der Waals surface area contributed by atoms with E-state index in [0.29, 0.717) is 0 Å². The molecule has 0 spiro atoms. The van der Waals surface area contributed by atoms with Crippen molar-refractivity contribution >= 4 is 0 Å². The molecule has 2 N–H and O–H groups in total. The Balaban J connectivity index is -0.000000595. The van der Waals surface area contributed by atoms with Crippen molar-refractivity contribution in [3.05, 3.63) is 0 Å². The topological polar surface area (TPSA) is 192 Å². The maximum absolute atomic E-state index is 8.60. The van der Waals surface area contributed by atoms with Crippen LogP contribution in [0.1, 0.15) is 26.7 Å². The van der Waals surface area contributed by atoms with Gasteiger partial charge in [0.15, 0.2) is 0 Å². The van der Waals surface area contributed by atoms with E-state index >= 15 is 0 Å². The van der Waals surface area contributed by atoms with Crippen LogP contribution in [0.4, 0.5) is 0 Å². The van der Waals surface area contributed by atoms with Crippen LogP contribution in [0.5, 0.6) is 0 Å². The molecule has 1 heterocycles. The van der Waals surface area contributed by atoms with Gasteiger partial charge in [-0.2, -0.15) is 28.0 Å². The third kappa shape index (κ3) is 35.4. The second kappa shape index (κ2) is 20.0. The van der Waals surface area contributed by atoms with Crippen LogP contribution in [0.2, 0.25) is 0 Å². The standard InChI is InChI=1S/C16H36N4.2ClHO4.Cu/c1-5-19-11-7-9-17(3)13-14-18(4)10-8-12-20(6-2)16-15-19;2*2-1(3,4)5;/h5-16H2,1-4H3;2*(H,2,3,4,5);. The SMILES string of the molecule is CCN1CCCN(C)CCN(C)CCCN(CC)CC1.[Cu].[O-][Cl+3]([O-])([O-])O.[O-][Cl+3]([O-])([O-])O. The maximum atomic E-state index is 8.60. The van der Waals surface area contributed by atoms with E-state index in [0.717, 1.165) is 0 Å². The fourth-order valence-corrected chi connectivity index (χ4v) is 2.83. The van der Waals surface area contributed by atoms with Crippen LogP contribution in [0.15, 0.2) is 0 Å². The Morgan fingerprint density at radius 3 is 1.06 bits per heavy atom. The molecule has 195 valence electrons. The van der Waals surface area contributed by atoms with Gasteiger partial charge in [-0.05, 0) is 66.2 Å². The molecule has 1 aliphatic rings. The molecule has 12 nitrogen and oxygen atoms in total. The van der Waals surface area contributed by atoms with Crippen molar-refractivity contribution in [1.82, 2.24) is 19.6 Å². The first-order valence-corrected chi connectivity index (χ1v) is 12.3. The summed E-state index contributed by atoms with van der Waals surface area (Å²) < 4.78 is 65.4. The fourth-order valence-electron chi connectivity index (χ4n) is 2.83. The summed E-state index contributed by atoms with van der Waals surface area (Å²) in [7, 11) is -4.87. The first-order valence-electron chi connectivity index (χ1n) is 9.73. The molecule has 1 radical (unpaired) electrons. The summed E-state index contributed by atoms with van der Waals surface area (Å²) in [5, 5.41) is 0. The number of likely N-dealkylation sites (N-methyl/N-ethyl adjacent to an activating group) is 4. The summed E-state index contributed by atoms with van der Waals surface area (Å²) in [6, 6.07) is 0. The monoisotopic (exact) mass is 547 g/mol. The quantitative estimate of drug-likeness (QED) is 0.310. The number of hydrogen-bond acceptors (Lipinski definition) is 12. The zero-order valence-electron chi connectivity index (χ0n) is 18.7. The molecule has 0 aromatic carbocycles. The number of rotatable bonds is 2. The van der Waals surface area contributed by atoms with Gasteiger partial charge < -0.3 is 19.6 Å². The molecule has 31 heavy (non-hydrogen) atoms. The van der Waals surface area contributed by atoms with Crippen molar-refractivity contribution in [2.24, 2.45) is 0 Å². The van der Waals surface area contributed by atoms with Gasteiger partial charge >= 0.3 is 0 Å². The average Bonchev–Trinajstić information content (AvgIpc) is 2.57. The number of halogens is 2. The Hall–Kier alpha value is 0.619. The van der Waals surface area contributed by atoms with Crippen LogP contribution >= 0.6 is 0 Å². The summed E-state index contributed by atoms with van der Waals surface area (Å²) in [4.78, 5) is 10.2. The van der Waals surface area contributed by atoms with E-state index in [1.165, 1.54) is 78.3 Å². The minimum absolute atomic E-state index is 0. The minimum Gasteiger partial charge on any atom is -0.305 e. The fraction of sp³-hybridized carbons (Fsp3) is 1.00. The van der Waals surface area contributed by atoms with Gasteiger partial charge in [-0.15, -0.1) is 0 Å². The first kappa shape index (κ1) is 36.2. The van der Waals surface area contributed by atoms with Crippen molar-refractivity contribution in [2.75, 3.05) is 79.5 Å². The molecule has 0 aromatic heterocycles. The van der Waals surface area contributed by atoms with E-state index in [9.17, 15) is 0 Å². The predicted octanol–water partition coefficient (Wildman–Crippen LogP) is -6.96. The number of nitrogens with zero attached hydrogens (tertiary/aromatic N) is 4. The normalized spacial score (nSPS) is 19.7. The molecule has 0 amide bonds. The number of hydrogen-bond donors (Lipinski definition) is 2. The summed E-state index contributed by atoms with van der Waals surface area (Å²) in [5.74, 6) is 0. The van der Waals surface area contributed by atoms with Gasteiger partial charge in [0.1, 0.15) is 0 Å². The van der Waals surface area contributed by atoms with Gasteiger partial charge in [0, 0.05) is 43.2 Å². The third-order valence-electron chi connectivity index (χ3n) is 4.52. The van der Waals surface area contributed by atoms with Crippen molar-refractivity contribution < 1.29 is 74.8 Å². The smallest absolute Gasteiger partial charge is 0.0777 e. The average molecular weight is 549 g/mol. The van der Waals surface area contributed by atoms with E-state index in [2.05, 4.69) is 47.5 Å². The maximum Gasteiger partial charge on any atom is 0.0777 e. The summed E-state index contributed by atoms with van der Waals surface area (Å²) >= 11 is 0. The van der Waals surface area contributed by atoms with Crippen LogP contribution in [0, 0.1) is 20.5 Å². The van der Waals surface area contributed by atoms with Crippen molar-refractivity contribution in [2.45, 2.75) is 26.7 Å². The molecule has 0 saturated carbocycles. The van der Waals surface area contributed by atoms with Gasteiger partial charge in [-0.25, -0.2) is 0 Å². The first-order chi connectivity index (χ1) is 13.7. The van der Waals surface area contributed by atoms with Gasteiger partial charge in [0.2, 0.25) is 0 Å². The molecule has 1 saturated heterocycles. The van der Waals surface area contributed by atoms with Gasteiger partial charge in [0.05, 0.1) is 29.8 Å². The Labute approximate surface area is 200 Å². The molecule has 15 heteroatoms. The minimum atomic E-state index is -4.69. The van der Waals surface area contributed by atoms with Crippen LogP contribution in [0.3, 0.4) is 0 Å². The van der Waals surface area contributed by atoms with E-state index < -0.39 is 20.5 Å². The molecule has 0 unspecified atom stereocenters. The van der Waals surface area contributed by atoms with E-state index in [4.69, 9.17) is 37.3 Å².